The van der Waals surface area contributed by atoms with Crippen LogP contribution in [0, 0.1) is 0 Å². The Morgan fingerprint density at radius 1 is 0.878 bits per heavy atom. The normalized spacial score (nSPS) is 16.8. The minimum absolute atomic E-state index is 0.00598. The summed E-state index contributed by atoms with van der Waals surface area (Å²) in [5, 5.41) is 3.18. The van der Waals surface area contributed by atoms with Crippen LogP contribution in [0.25, 0.3) is 0 Å². The quantitative estimate of drug-likeness (QED) is 0.368. The van der Waals surface area contributed by atoms with Crippen molar-refractivity contribution < 1.29 is 22.8 Å². The molecular formula is C32H35N3O5S. The molecule has 0 spiro atoms. The molecule has 3 amide bonds. The molecule has 2 aliphatic rings. The van der Waals surface area contributed by atoms with E-state index in [-0.39, 0.29) is 54.2 Å². The topological polar surface area (TPSA) is 104 Å². The molecular weight excluding hydrogens is 538 g/mol. The van der Waals surface area contributed by atoms with Gasteiger partial charge in [0.15, 0.2) is 0 Å². The van der Waals surface area contributed by atoms with Gasteiger partial charge in [0.25, 0.3) is 15.9 Å². The molecule has 0 bridgehead atoms. The van der Waals surface area contributed by atoms with E-state index in [2.05, 4.69) is 5.32 Å². The van der Waals surface area contributed by atoms with E-state index in [1.165, 1.54) is 12.1 Å². The summed E-state index contributed by atoms with van der Waals surface area (Å²) in [6, 6.07) is 24.6. The second-order valence-corrected chi connectivity index (χ2v) is 12.5. The highest BCUT2D eigenvalue weighted by Crippen LogP contribution is 2.30. The maximum absolute atomic E-state index is 13.8. The van der Waals surface area contributed by atoms with Crippen molar-refractivity contribution in [2.24, 2.45) is 0 Å². The predicted octanol–water partition coefficient (Wildman–Crippen LogP) is 4.31. The number of carbonyl (C=O) groups excluding carboxylic acids is 3. The van der Waals surface area contributed by atoms with Crippen molar-refractivity contribution in [1.82, 2.24) is 14.5 Å². The Balaban J connectivity index is 1.36. The highest BCUT2D eigenvalue weighted by atomic mass is 32.2. The Bertz CT molecular complexity index is 1490. The highest BCUT2D eigenvalue weighted by Gasteiger charge is 2.40. The summed E-state index contributed by atoms with van der Waals surface area (Å²) in [7, 11) is -3.95. The molecule has 1 saturated carbocycles. The Hall–Kier alpha value is -3.98. The van der Waals surface area contributed by atoms with Crippen molar-refractivity contribution in [2.45, 2.75) is 68.5 Å². The van der Waals surface area contributed by atoms with Crippen molar-refractivity contribution in [1.29, 1.82) is 0 Å². The Morgan fingerprint density at radius 2 is 1.49 bits per heavy atom. The molecule has 8 nitrogen and oxygen atoms in total. The number of sulfonamides is 1. The highest BCUT2D eigenvalue weighted by molar-refractivity contribution is 7.90. The average Bonchev–Trinajstić information content (AvgIpc) is 3.56. The molecule has 3 aromatic rings. The molecule has 41 heavy (non-hydrogen) atoms. The van der Waals surface area contributed by atoms with Crippen LogP contribution in [0.1, 0.15) is 60.0 Å². The fraction of sp³-hybridized carbons (Fsp3) is 0.344. The third-order valence-electron chi connectivity index (χ3n) is 7.83. The third kappa shape index (κ3) is 6.51. The Morgan fingerprint density at radius 3 is 2.15 bits per heavy atom. The van der Waals surface area contributed by atoms with Gasteiger partial charge in [-0.05, 0) is 42.5 Å². The van der Waals surface area contributed by atoms with Gasteiger partial charge in [-0.25, -0.2) is 12.7 Å². The van der Waals surface area contributed by atoms with Crippen molar-refractivity contribution in [3.05, 3.63) is 102 Å². The first-order valence-electron chi connectivity index (χ1n) is 14.2. The molecule has 1 heterocycles. The van der Waals surface area contributed by atoms with Crippen LogP contribution in [-0.4, -0.2) is 54.0 Å². The predicted molar refractivity (Wildman–Crippen MR) is 155 cm³/mol. The lowest BCUT2D eigenvalue weighted by Gasteiger charge is -2.32. The summed E-state index contributed by atoms with van der Waals surface area (Å²) >= 11 is 0. The maximum atomic E-state index is 13.8. The van der Waals surface area contributed by atoms with Gasteiger partial charge < -0.3 is 10.2 Å². The summed E-state index contributed by atoms with van der Waals surface area (Å²) in [6.45, 7) is 0.125. The Kier molecular flexibility index (Phi) is 8.83. The monoisotopic (exact) mass is 573 g/mol. The maximum Gasteiger partial charge on any atom is 0.269 e. The number of hydrogen-bond donors (Lipinski definition) is 1. The second-order valence-electron chi connectivity index (χ2n) is 10.7. The third-order valence-corrected chi connectivity index (χ3v) is 9.67. The molecule has 214 valence electrons. The molecule has 0 radical (unpaired) electrons. The van der Waals surface area contributed by atoms with Crippen LogP contribution < -0.4 is 5.32 Å². The van der Waals surface area contributed by atoms with Crippen molar-refractivity contribution >= 4 is 27.7 Å². The van der Waals surface area contributed by atoms with E-state index in [1.807, 2.05) is 60.7 Å². The fourth-order valence-electron chi connectivity index (χ4n) is 5.67. The Labute approximate surface area is 241 Å². The van der Waals surface area contributed by atoms with Gasteiger partial charge in [-0.3, -0.25) is 14.4 Å². The van der Waals surface area contributed by atoms with Gasteiger partial charge in [0.1, 0.15) is 10.9 Å². The van der Waals surface area contributed by atoms with Gasteiger partial charge in [-0.2, -0.15) is 0 Å². The molecule has 0 saturated heterocycles. The number of benzene rings is 3. The van der Waals surface area contributed by atoms with E-state index in [0.717, 1.165) is 41.1 Å². The van der Waals surface area contributed by atoms with E-state index in [0.29, 0.717) is 6.42 Å². The summed E-state index contributed by atoms with van der Waals surface area (Å²) in [4.78, 5) is 42.0. The number of rotatable bonds is 11. The number of fused-ring (bicyclic) bond motifs is 1. The van der Waals surface area contributed by atoms with Crippen LogP contribution in [0.4, 0.5) is 0 Å². The zero-order valence-corrected chi connectivity index (χ0v) is 23.8. The van der Waals surface area contributed by atoms with E-state index in [1.54, 1.807) is 17.0 Å². The number of nitrogens with zero attached hydrogens (tertiary/aromatic N) is 2. The van der Waals surface area contributed by atoms with Crippen molar-refractivity contribution in [3.8, 4) is 0 Å². The minimum atomic E-state index is -3.95. The fourth-order valence-corrected chi connectivity index (χ4v) is 7.28. The average molecular weight is 574 g/mol. The van der Waals surface area contributed by atoms with Gasteiger partial charge in [-0.1, -0.05) is 85.6 Å². The molecule has 1 unspecified atom stereocenters. The molecule has 3 aromatic carbocycles. The molecule has 1 atom stereocenters. The van der Waals surface area contributed by atoms with Gasteiger partial charge in [0, 0.05) is 32.0 Å². The second kappa shape index (κ2) is 12.7. The van der Waals surface area contributed by atoms with E-state index >= 15 is 0 Å². The van der Waals surface area contributed by atoms with Crippen LogP contribution in [0.5, 0.6) is 0 Å². The van der Waals surface area contributed by atoms with Crippen LogP contribution in [0.3, 0.4) is 0 Å². The SMILES string of the molecule is O=C(NC1CCCC1)C(Cc1ccccc1)N(Cc1ccccc1)C(=O)CCCN1C(=O)c2ccccc2S1(=O)=O. The molecule has 1 N–H and O–H groups in total. The molecule has 1 fully saturated rings. The lowest BCUT2D eigenvalue weighted by atomic mass is 10.0. The van der Waals surface area contributed by atoms with Crippen molar-refractivity contribution in [2.75, 3.05) is 6.54 Å². The van der Waals surface area contributed by atoms with E-state index in [9.17, 15) is 22.8 Å². The van der Waals surface area contributed by atoms with E-state index < -0.39 is 22.0 Å². The number of amides is 3. The summed E-state index contributed by atoms with van der Waals surface area (Å²) < 4.78 is 26.8. The molecule has 1 aliphatic carbocycles. The first-order chi connectivity index (χ1) is 19.8. The largest absolute Gasteiger partial charge is 0.352 e. The summed E-state index contributed by atoms with van der Waals surface area (Å²) in [5.41, 5.74) is 1.98. The summed E-state index contributed by atoms with van der Waals surface area (Å²) in [5.74, 6) is -1.03. The number of carbonyl (C=O) groups is 3. The van der Waals surface area contributed by atoms with E-state index in [4.69, 9.17) is 0 Å². The first-order valence-corrected chi connectivity index (χ1v) is 15.6. The molecule has 0 aromatic heterocycles. The lowest BCUT2D eigenvalue weighted by molar-refractivity contribution is -0.141. The van der Waals surface area contributed by atoms with Crippen LogP contribution in [0.2, 0.25) is 0 Å². The number of hydrogen-bond acceptors (Lipinski definition) is 5. The van der Waals surface area contributed by atoms with Crippen LogP contribution in [-0.2, 0) is 32.6 Å². The van der Waals surface area contributed by atoms with Gasteiger partial charge in [0.2, 0.25) is 11.8 Å². The first kappa shape index (κ1) is 28.5. The molecule has 9 heteroatoms. The smallest absolute Gasteiger partial charge is 0.269 e. The van der Waals surface area contributed by atoms with Crippen LogP contribution >= 0.6 is 0 Å². The number of nitrogens with one attached hydrogen (secondary N) is 1. The molecule has 1 aliphatic heterocycles. The molecule has 5 rings (SSSR count). The standard InChI is InChI=1S/C32H35N3O5S/c36-30(20-11-21-35-32(38)27-18-9-10-19-29(27)41(35,39)40)34(23-25-14-5-2-6-15-25)28(22-24-12-3-1-4-13-24)31(37)33-26-16-7-8-17-26/h1-6,9-10,12-15,18-19,26,28H,7-8,11,16-17,20-23H2,(H,33,37). The van der Waals surface area contributed by atoms with Crippen molar-refractivity contribution in [3.63, 3.8) is 0 Å². The van der Waals surface area contributed by atoms with Gasteiger partial charge in [-0.15, -0.1) is 0 Å². The van der Waals surface area contributed by atoms with Crippen LogP contribution in [0.15, 0.2) is 89.8 Å². The van der Waals surface area contributed by atoms with Gasteiger partial charge >= 0.3 is 0 Å². The summed E-state index contributed by atoms with van der Waals surface area (Å²) in [6.07, 6.45) is 4.49. The lowest BCUT2D eigenvalue weighted by Crippen LogP contribution is -2.52. The zero-order valence-electron chi connectivity index (χ0n) is 22.9. The zero-order chi connectivity index (χ0) is 28.8. The van der Waals surface area contributed by atoms with Gasteiger partial charge in [0.05, 0.1) is 5.56 Å². The minimum Gasteiger partial charge on any atom is -0.352 e.